The first-order chi connectivity index (χ1) is 10.2. The van der Waals surface area contributed by atoms with E-state index in [-0.39, 0.29) is 5.82 Å². The monoisotopic (exact) mass is 301 g/mol. The van der Waals surface area contributed by atoms with Gasteiger partial charge in [0.2, 0.25) is 0 Å². The first-order valence-electron chi connectivity index (χ1n) is 6.27. The number of methoxy groups -OCH3 is 1. The van der Waals surface area contributed by atoms with Crippen molar-refractivity contribution in [2.45, 2.75) is 0 Å². The average Bonchev–Trinajstić information content (AvgIpc) is 2.89. The molecule has 0 unspecified atom stereocenters. The van der Waals surface area contributed by atoms with E-state index in [0.717, 1.165) is 5.56 Å². The van der Waals surface area contributed by atoms with E-state index in [1.165, 1.54) is 19.2 Å². The molecule has 0 fully saturated rings. The molecule has 21 heavy (non-hydrogen) atoms. The maximum Gasteiger partial charge on any atom is 0.200 e. The molecule has 1 heterocycles. The summed E-state index contributed by atoms with van der Waals surface area (Å²) >= 11 is 5.29. The Hall–Kier alpha value is -2.47. The third-order valence-electron chi connectivity index (χ3n) is 3.09. The number of ether oxygens (including phenoxy) is 1. The third-order valence-corrected chi connectivity index (χ3v) is 3.36. The van der Waals surface area contributed by atoms with E-state index in [9.17, 15) is 4.39 Å². The molecule has 3 rings (SSSR count). The molecule has 0 bridgehead atoms. The molecule has 2 aromatic carbocycles. The Kier molecular flexibility index (Phi) is 3.53. The molecule has 0 atom stereocenters. The highest BCUT2D eigenvalue weighted by Crippen LogP contribution is 2.28. The summed E-state index contributed by atoms with van der Waals surface area (Å²) in [4.78, 5) is 0. The van der Waals surface area contributed by atoms with Crippen molar-refractivity contribution in [3.63, 3.8) is 0 Å². The normalized spacial score (nSPS) is 10.6. The molecule has 0 spiro atoms. The lowest BCUT2D eigenvalue weighted by molar-refractivity contribution is 0.409. The number of aromatic amines is 1. The van der Waals surface area contributed by atoms with Crippen molar-refractivity contribution >= 4 is 12.2 Å². The number of hydrogen-bond acceptors (Lipinski definition) is 3. The van der Waals surface area contributed by atoms with Gasteiger partial charge in [0.15, 0.2) is 10.6 Å². The Morgan fingerprint density at radius 1 is 1.19 bits per heavy atom. The lowest BCUT2D eigenvalue weighted by Crippen LogP contribution is -2.01. The SMILES string of the molecule is COc1cc(F)ccc1-n1c(-c2ccccc2)n[nH]c1=S. The van der Waals surface area contributed by atoms with Crippen LogP contribution in [0.4, 0.5) is 4.39 Å². The molecular weight excluding hydrogens is 289 g/mol. The van der Waals surface area contributed by atoms with Crippen LogP contribution in [-0.4, -0.2) is 21.9 Å². The summed E-state index contributed by atoms with van der Waals surface area (Å²) in [5.41, 5.74) is 1.53. The Morgan fingerprint density at radius 2 is 1.95 bits per heavy atom. The number of hydrogen-bond donors (Lipinski definition) is 1. The minimum Gasteiger partial charge on any atom is -0.494 e. The molecular formula is C15H12FN3OS. The van der Waals surface area contributed by atoms with Crippen LogP contribution in [0.5, 0.6) is 5.75 Å². The maximum atomic E-state index is 13.4. The molecule has 106 valence electrons. The summed E-state index contributed by atoms with van der Waals surface area (Å²) in [7, 11) is 1.49. The molecule has 0 saturated heterocycles. The number of aromatic nitrogens is 3. The van der Waals surface area contributed by atoms with Gasteiger partial charge in [-0.1, -0.05) is 30.3 Å². The molecule has 3 aromatic rings. The Morgan fingerprint density at radius 3 is 2.67 bits per heavy atom. The van der Waals surface area contributed by atoms with Gasteiger partial charge in [0, 0.05) is 11.6 Å². The van der Waals surface area contributed by atoms with E-state index in [1.807, 2.05) is 30.3 Å². The second-order valence-corrected chi connectivity index (χ2v) is 4.76. The van der Waals surface area contributed by atoms with Crippen LogP contribution in [-0.2, 0) is 0 Å². The van der Waals surface area contributed by atoms with Crippen LogP contribution >= 0.6 is 12.2 Å². The lowest BCUT2D eigenvalue weighted by Gasteiger charge is -2.11. The second kappa shape index (κ2) is 5.49. The number of halogens is 1. The molecule has 0 amide bonds. The van der Waals surface area contributed by atoms with Crippen LogP contribution in [0.15, 0.2) is 48.5 Å². The molecule has 1 N–H and O–H groups in total. The van der Waals surface area contributed by atoms with E-state index >= 15 is 0 Å². The molecule has 0 aliphatic carbocycles. The average molecular weight is 301 g/mol. The number of nitrogens with one attached hydrogen (secondary N) is 1. The lowest BCUT2D eigenvalue weighted by atomic mass is 10.2. The van der Waals surface area contributed by atoms with Crippen molar-refractivity contribution < 1.29 is 9.13 Å². The number of nitrogens with zero attached hydrogens (tertiary/aromatic N) is 2. The van der Waals surface area contributed by atoms with Crippen LogP contribution in [0.25, 0.3) is 17.1 Å². The zero-order valence-electron chi connectivity index (χ0n) is 11.2. The van der Waals surface area contributed by atoms with Crippen LogP contribution in [0.1, 0.15) is 0 Å². The smallest absolute Gasteiger partial charge is 0.200 e. The summed E-state index contributed by atoms with van der Waals surface area (Å²) in [6.07, 6.45) is 0. The number of benzene rings is 2. The standard InChI is InChI=1S/C15H12FN3OS/c1-20-13-9-11(16)7-8-12(13)19-14(17-18-15(19)21)10-5-3-2-4-6-10/h2-9H,1H3,(H,18,21). The zero-order chi connectivity index (χ0) is 14.8. The highest BCUT2D eigenvalue weighted by molar-refractivity contribution is 7.71. The third kappa shape index (κ3) is 2.45. The van der Waals surface area contributed by atoms with Crippen LogP contribution in [0.3, 0.4) is 0 Å². The fraction of sp³-hybridized carbons (Fsp3) is 0.0667. The topological polar surface area (TPSA) is 42.8 Å². The van der Waals surface area contributed by atoms with Gasteiger partial charge in [-0.25, -0.2) is 4.39 Å². The molecule has 0 saturated carbocycles. The van der Waals surface area contributed by atoms with Gasteiger partial charge in [0.25, 0.3) is 0 Å². The van der Waals surface area contributed by atoms with Gasteiger partial charge in [0.05, 0.1) is 12.8 Å². The van der Waals surface area contributed by atoms with E-state index in [1.54, 1.807) is 10.6 Å². The summed E-state index contributed by atoms with van der Waals surface area (Å²) in [6, 6.07) is 13.9. The highest BCUT2D eigenvalue weighted by atomic mass is 32.1. The summed E-state index contributed by atoms with van der Waals surface area (Å²) in [5.74, 6) is 0.669. The van der Waals surface area contributed by atoms with Crippen molar-refractivity contribution in [2.75, 3.05) is 7.11 Å². The Balaban J connectivity index is 2.25. The Bertz CT molecular complexity index is 826. The van der Waals surface area contributed by atoms with Gasteiger partial charge in [-0.3, -0.25) is 9.67 Å². The van der Waals surface area contributed by atoms with Gasteiger partial charge < -0.3 is 4.74 Å². The number of rotatable bonds is 3. The van der Waals surface area contributed by atoms with Crippen molar-refractivity contribution in [3.8, 4) is 22.8 Å². The van der Waals surface area contributed by atoms with E-state index in [0.29, 0.717) is 22.0 Å². The van der Waals surface area contributed by atoms with Crippen molar-refractivity contribution in [1.82, 2.24) is 14.8 Å². The van der Waals surface area contributed by atoms with Crippen molar-refractivity contribution in [2.24, 2.45) is 0 Å². The fourth-order valence-corrected chi connectivity index (χ4v) is 2.37. The Labute approximate surface area is 125 Å². The molecule has 1 aromatic heterocycles. The fourth-order valence-electron chi connectivity index (χ4n) is 2.14. The first-order valence-corrected chi connectivity index (χ1v) is 6.68. The zero-order valence-corrected chi connectivity index (χ0v) is 12.0. The predicted octanol–water partition coefficient (Wildman–Crippen LogP) is 3.74. The van der Waals surface area contributed by atoms with Crippen molar-refractivity contribution in [1.29, 1.82) is 0 Å². The molecule has 0 radical (unpaired) electrons. The van der Waals surface area contributed by atoms with Gasteiger partial charge in [0.1, 0.15) is 11.6 Å². The van der Waals surface area contributed by atoms with Crippen LogP contribution < -0.4 is 4.74 Å². The van der Waals surface area contributed by atoms with Crippen molar-refractivity contribution in [3.05, 3.63) is 59.1 Å². The molecule has 4 nitrogen and oxygen atoms in total. The predicted molar refractivity (Wildman–Crippen MR) is 80.7 cm³/mol. The summed E-state index contributed by atoms with van der Waals surface area (Å²) in [5, 5.41) is 7.02. The summed E-state index contributed by atoms with van der Waals surface area (Å²) < 4.78 is 20.7. The largest absolute Gasteiger partial charge is 0.494 e. The highest BCUT2D eigenvalue weighted by Gasteiger charge is 2.14. The second-order valence-electron chi connectivity index (χ2n) is 4.37. The van der Waals surface area contributed by atoms with Crippen LogP contribution in [0, 0.1) is 10.6 Å². The molecule has 6 heteroatoms. The minimum atomic E-state index is -0.369. The minimum absolute atomic E-state index is 0.369. The quantitative estimate of drug-likeness (QED) is 0.749. The van der Waals surface area contributed by atoms with Gasteiger partial charge in [-0.05, 0) is 24.4 Å². The van der Waals surface area contributed by atoms with E-state index < -0.39 is 0 Å². The van der Waals surface area contributed by atoms with Gasteiger partial charge >= 0.3 is 0 Å². The molecule has 0 aliphatic heterocycles. The maximum absolute atomic E-state index is 13.4. The van der Waals surface area contributed by atoms with E-state index in [4.69, 9.17) is 17.0 Å². The van der Waals surface area contributed by atoms with E-state index in [2.05, 4.69) is 10.2 Å². The van der Waals surface area contributed by atoms with Crippen LogP contribution in [0.2, 0.25) is 0 Å². The number of H-pyrrole nitrogens is 1. The summed E-state index contributed by atoms with van der Waals surface area (Å²) in [6.45, 7) is 0. The first kappa shape index (κ1) is 13.5. The molecule has 0 aliphatic rings. The van der Waals surface area contributed by atoms with Gasteiger partial charge in [-0.2, -0.15) is 5.10 Å². The van der Waals surface area contributed by atoms with Gasteiger partial charge in [-0.15, -0.1) is 0 Å².